The number of Topliss-reactive ketones (excluding diaryl/α,β-unsaturated/α-hetero) is 1. The highest BCUT2D eigenvalue weighted by Gasteiger charge is 2.20. The van der Waals surface area contributed by atoms with Gasteiger partial charge in [0.05, 0.1) is 5.25 Å². The molecule has 0 aliphatic rings. The molecule has 0 aliphatic heterocycles. The van der Waals surface area contributed by atoms with E-state index in [2.05, 4.69) is 10.2 Å². The van der Waals surface area contributed by atoms with Gasteiger partial charge in [0.2, 0.25) is 5.89 Å². The monoisotopic (exact) mass is 324 g/mol. The molecular formula is C18H16N2O2S. The van der Waals surface area contributed by atoms with E-state index in [4.69, 9.17) is 4.42 Å². The van der Waals surface area contributed by atoms with Crippen molar-refractivity contribution in [2.24, 2.45) is 0 Å². The summed E-state index contributed by atoms with van der Waals surface area (Å²) in [4.78, 5) is 12.4. The van der Waals surface area contributed by atoms with Crippen LogP contribution in [0.5, 0.6) is 0 Å². The van der Waals surface area contributed by atoms with Gasteiger partial charge in [-0.3, -0.25) is 4.79 Å². The van der Waals surface area contributed by atoms with Gasteiger partial charge in [0.15, 0.2) is 5.78 Å². The van der Waals surface area contributed by atoms with E-state index < -0.39 is 0 Å². The Labute approximate surface area is 138 Å². The summed E-state index contributed by atoms with van der Waals surface area (Å²) >= 11 is 1.28. The highest BCUT2D eigenvalue weighted by Crippen LogP contribution is 2.27. The van der Waals surface area contributed by atoms with Crippen LogP contribution in [-0.2, 0) is 0 Å². The van der Waals surface area contributed by atoms with Crippen LogP contribution in [0.15, 0.2) is 64.2 Å². The molecule has 1 unspecified atom stereocenters. The largest absolute Gasteiger partial charge is 0.411 e. The van der Waals surface area contributed by atoms with E-state index in [9.17, 15) is 4.79 Å². The normalized spacial score (nSPS) is 12.1. The van der Waals surface area contributed by atoms with Crippen molar-refractivity contribution in [3.8, 4) is 11.5 Å². The standard InChI is InChI=1S/C18H16N2O2S/c1-12-8-10-14(11-9-12)16(21)13(2)23-18-20-19-17(22-18)15-6-4-3-5-7-15/h3-11,13H,1-2H3. The van der Waals surface area contributed by atoms with Gasteiger partial charge in [-0.25, -0.2) is 0 Å². The highest BCUT2D eigenvalue weighted by atomic mass is 32.2. The van der Waals surface area contributed by atoms with Crippen molar-refractivity contribution in [3.63, 3.8) is 0 Å². The number of carbonyl (C=O) groups excluding carboxylic acids is 1. The van der Waals surface area contributed by atoms with E-state index in [0.29, 0.717) is 16.7 Å². The van der Waals surface area contributed by atoms with E-state index in [1.165, 1.54) is 11.8 Å². The molecule has 0 spiro atoms. The molecule has 5 heteroatoms. The van der Waals surface area contributed by atoms with Crippen LogP contribution in [0.2, 0.25) is 0 Å². The maximum Gasteiger partial charge on any atom is 0.277 e. The van der Waals surface area contributed by atoms with E-state index >= 15 is 0 Å². The van der Waals surface area contributed by atoms with Gasteiger partial charge in [-0.15, -0.1) is 10.2 Å². The first-order valence-electron chi connectivity index (χ1n) is 7.30. The fraction of sp³-hybridized carbons (Fsp3) is 0.167. The van der Waals surface area contributed by atoms with Gasteiger partial charge in [0.1, 0.15) is 0 Å². The Bertz CT molecular complexity index is 797. The van der Waals surface area contributed by atoms with Gasteiger partial charge < -0.3 is 4.42 Å². The molecule has 1 heterocycles. The van der Waals surface area contributed by atoms with Crippen molar-refractivity contribution in [1.29, 1.82) is 0 Å². The molecule has 116 valence electrons. The molecule has 0 saturated heterocycles. The summed E-state index contributed by atoms with van der Waals surface area (Å²) in [7, 11) is 0. The topological polar surface area (TPSA) is 56.0 Å². The molecule has 0 saturated carbocycles. The average molecular weight is 324 g/mol. The molecule has 0 fully saturated rings. The first-order chi connectivity index (χ1) is 11.1. The molecule has 1 atom stereocenters. The summed E-state index contributed by atoms with van der Waals surface area (Å²) in [6.45, 7) is 3.84. The fourth-order valence-corrected chi connectivity index (χ4v) is 2.87. The summed E-state index contributed by atoms with van der Waals surface area (Å²) in [6, 6.07) is 17.1. The lowest BCUT2D eigenvalue weighted by atomic mass is 10.1. The fourth-order valence-electron chi connectivity index (χ4n) is 2.11. The zero-order valence-electron chi connectivity index (χ0n) is 12.9. The predicted molar refractivity (Wildman–Crippen MR) is 90.6 cm³/mol. The van der Waals surface area contributed by atoms with Crippen LogP contribution in [-0.4, -0.2) is 21.2 Å². The number of aromatic nitrogens is 2. The maximum absolute atomic E-state index is 12.4. The van der Waals surface area contributed by atoms with Crippen molar-refractivity contribution in [1.82, 2.24) is 10.2 Å². The molecule has 0 amide bonds. The molecule has 0 aliphatic carbocycles. The van der Waals surface area contributed by atoms with Crippen LogP contribution in [0.4, 0.5) is 0 Å². The Morgan fingerprint density at radius 2 is 1.74 bits per heavy atom. The molecule has 4 nitrogen and oxygen atoms in total. The molecule has 0 bridgehead atoms. The van der Waals surface area contributed by atoms with Crippen LogP contribution >= 0.6 is 11.8 Å². The molecule has 23 heavy (non-hydrogen) atoms. The lowest BCUT2D eigenvalue weighted by Gasteiger charge is -2.07. The third-order valence-electron chi connectivity index (χ3n) is 3.41. The highest BCUT2D eigenvalue weighted by molar-refractivity contribution is 8.00. The SMILES string of the molecule is Cc1ccc(C(=O)C(C)Sc2nnc(-c3ccccc3)o2)cc1. The number of thioether (sulfide) groups is 1. The van der Waals surface area contributed by atoms with Gasteiger partial charge in [-0.05, 0) is 26.0 Å². The quantitative estimate of drug-likeness (QED) is 0.514. The molecule has 2 aromatic carbocycles. The molecule has 1 aromatic heterocycles. The minimum Gasteiger partial charge on any atom is -0.411 e. The number of carbonyl (C=O) groups is 1. The Balaban J connectivity index is 1.71. The van der Waals surface area contributed by atoms with Crippen LogP contribution in [0.25, 0.3) is 11.5 Å². The van der Waals surface area contributed by atoms with Gasteiger partial charge in [0, 0.05) is 11.1 Å². The van der Waals surface area contributed by atoms with Gasteiger partial charge >= 0.3 is 0 Å². The lowest BCUT2D eigenvalue weighted by Crippen LogP contribution is -2.13. The first-order valence-corrected chi connectivity index (χ1v) is 8.18. The third-order valence-corrected chi connectivity index (χ3v) is 4.34. The van der Waals surface area contributed by atoms with Crippen LogP contribution in [0.1, 0.15) is 22.8 Å². The average Bonchev–Trinajstić information content (AvgIpc) is 3.04. The zero-order chi connectivity index (χ0) is 16.2. The molecule has 0 N–H and O–H groups in total. The minimum absolute atomic E-state index is 0.0504. The van der Waals surface area contributed by atoms with Crippen LogP contribution in [0, 0.1) is 6.92 Å². The lowest BCUT2D eigenvalue weighted by molar-refractivity contribution is 0.0993. The van der Waals surface area contributed by atoms with E-state index in [-0.39, 0.29) is 11.0 Å². The van der Waals surface area contributed by atoms with Gasteiger partial charge in [-0.1, -0.05) is 59.8 Å². The van der Waals surface area contributed by atoms with Crippen molar-refractivity contribution in [3.05, 3.63) is 65.7 Å². The third kappa shape index (κ3) is 3.68. The van der Waals surface area contributed by atoms with E-state index in [1.54, 1.807) is 0 Å². The molecule has 0 radical (unpaired) electrons. The Kier molecular flexibility index (Phi) is 4.57. The minimum atomic E-state index is -0.290. The summed E-state index contributed by atoms with van der Waals surface area (Å²) in [5.41, 5.74) is 2.69. The number of rotatable bonds is 5. The van der Waals surface area contributed by atoms with Crippen molar-refractivity contribution < 1.29 is 9.21 Å². The summed E-state index contributed by atoms with van der Waals surface area (Å²) < 4.78 is 5.63. The second kappa shape index (κ2) is 6.79. The molecule has 3 aromatic rings. The maximum atomic E-state index is 12.4. The second-order valence-electron chi connectivity index (χ2n) is 5.23. The summed E-state index contributed by atoms with van der Waals surface area (Å²) in [6.07, 6.45) is 0. The second-order valence-corrected chi connectivity index (χ2v) is 6.52. The smallest absolute Gasteiger partial charge is 0.277 e. The Morgan fingerprint density at radius 1 is 1.04 bits per heavy atom. The number of hydrogen-bond donors (Lipinski definition) is 0. The molecule has 3 rings (SSSR count). The number of benzene rings is 2. The Morgan fingerprint density at radius 3 is 2.43 bits per heavy atom. The van der Waals surface area contributed by atoms with Gasteiger partial charge in [-0.2, -0.15) is 0 Å². The van der Waals surface area contributed by atoms with E-state index in [1.807, 2.05) is 68.4 Å². The first kappa shape index (κ1) is 15.5. The summed E-state index contributed by atoms with van der Waals surface area (Å²) in [5, 5.41) is 8.16. The van der Waals surface area contributed by atoms with Gasteiger partial charge in [0.25, 0.3) is 5.22 Å². The number of ketones is 1. The van der Waals surface area contributed by atoms with Crippen molar-refractivity contribution >= 4 is 17.5 Å². The zero-order valence-corrected chi connectivity index (χ0v) is 13.7. The van der Waals surface area contributed by atoms with Crippen LogP contribution in [0.3, 0.4) is 0 Å². The number of nitrogens with zero attached hydrogens (tertiary/aromatic N) is 2. The van der Waals surface area contributed by atoms with Crippen LogP contribution < -0.4 is 0 Å². The molecular weight excluding hydrogens is 308 g/mol. The predicted octanol–water partition coefficient (Wildman–Crippen LogP) is 4.41. The number of aryl methyl sites for hydroxylation is 1. The summed E-state index contributed by atoms with van der Waals surface area (Å²) in [5.74, 6) is 0.512. The Hall–Kier alpha value is -2.40. The number of hydrogen-bond acceptors (Lipinski definition) is 5. The van der Waals surface area contributed by atoms with Crippen molar-refractivity contribution in [2.75, 3.05) is 0 Å². The van der Waals surface area contributed by atoms with Crippen molar-refractivity contribution in [2.45, 2.75) is 24.3 Å². The van der Waals surface area contributed by atoms with E-state index in [0.717, 1.165) is 11.1 Å².